The maximum atomic E-state index is 11.3. The fourth-order valence-corrected chi connectivity index (χ4v) is 1.60. The van der Waals surface area contributed by atoms with Gasteiger partial charge in [0.2, 0.25) is 0 Å². The predicted molar refractivity (Wildman–Crippen MR) is 58.0 cm³/mol. The van der Waals surface area contributed by atoms with E-state index in [1.807, 2.05) is 11.6 Å². The molecule has 0 fully saturated rings. The van der Waals surface area contributed by atoms with E-state index < -0.39 is 0 Å². The van der Waals surface area contributed by atoms with Crippen LogP contribution in [0.2, 0.25) is 0 Å². The topological polar surface area (TPSA) is 71.0 Å². The first-order valence-electron chi connectivity index (χ1n) is 5.16. The van der Waals surface area contributed by atoms with Crippen LogP contribution >= 0.6 is 0 Å². The van der Waals surface area contributed by atoms with Crippen molar-refractivity contribution in [1.82, 2.24) is 15.1 Å². The second-order valence-electron chi connectivity index (χ2n) is 3.39. The van der Waals surface area contributed by atoms with E-state index in [1.54, 1.807) is 6.20 Å². The molecule has 0 aromatic carbocycles. The summed E-state index contributed by atoms with van der Waals surface area (Å²) < 4.78 is 1.87. The molecule has 6 nitrogen and oxygen atoms in total. The molecule has 2 rings (SSSR count). The van der Waals surface area contributed by atoms with Crippen molar-refractivity contribution in [1.29, 1.82) is 0 Å². The van der Waals surface area contributed by atoms with E-state index in [0.29, 0.717) is 6.54 Å². The zero-order chi connectivity index (χ0) is 10.7. The van der Waals surface area contributed by atoms with E-state index in [-0.39, 0.29) is 6.03 Å². The summed E-state index contributed by atoms with van der Waals surface area (Å²) >= 11 is 0. The van der Waals surface area contributed by atoms with Crippen LogP contribution < -0.4 is 16.0 Å². The number of carbonyl (C=O) groups excluding carboxylic acids is 1. The lowest BCUT2D eigenvalue weighted by Crippen LogP contribution is -2.28. The molecule has 1 aliphatic heterocycles. The summed E-state index contributed by atoms with van der Waals surface area (Å²) in [5.74, 6) is 0.896. The number of hydrogen-bond acceptors (Lipinski definition) is 3. The van der Waals surface area contributed by atoms with E-state index in [0.717, 1.165) is 31.0 Å². The summed E-state index contributed by atoms with van der Waals surface area (Å²) in [7, 11) is 0. The van der Waals surface area contributed by atoms with Crippen LogP contribution in [0.25, 0.3) is 0 Å². The minimum atomic E-state index is -0.194. The van der Waals surface area contributed by atoms with Crippen molar-refractivity contribution in [3.8, 4) is 0 Å². The third-order valence-corrected chi connectivity index (χ3v) is 2.26. The minimum absolute atomic E-state index is 0.194. The van der Waals surface area contributed by atoms with Crippen molar-refractivity contribution in [2.24, 2.45) is 0 Å². The molecule has 15 heavy (non-hydrogen) atoms. The fraction of sp³-hybridized carbons (Fsp3) is 0.556. The zero-order valence-corrected chi connectivity index (χ0v) is 8.71. The molecule has 2 amide bonds. The third kappa shape index (κ3) is 2.03. The van der Waals surface area contributed by atoms with E-state index >= 15 is 0 Å². The maximum Gasteiger partial charge on any atom is 0.319 e. The number of aryl methyl sites for hydroxylation is 1. The molecule has 3 N–H and O–H groups in total. The number of fused-ring (bicyclic) bond motifs is 1. The third-order valence-electron chi connectivity index (χ3n) is 2.26. The van der Waals surface area contributed by atoms with Gasteiger partial charge < -0.3 is 16.0 Å². The second-order valence-corrected chi connectivity index (χ2v) is 3.39. The van der Waals surface area contributed by atoms with Crippen molar-refractivity contribution in [3.63, 3.8) is 0 Å². The van der Waals surface area contributed by atoms with Crippen LogP contribution in [0.15, 0.2) is 6.20 Å². The highest BCUT2D eigenvalue weighted by molar-refractivity contribution is 5.92. The van der Waals surface area contributed by atoms with E-state index in [1.165, 1.54) is 0 Å². The monoisotopic (exact) mass is 209 g/mol. The molecule has 1 aromatic heterocycles. The largest absolute Gasteiger partial charge is 0.368 e. The number of nitrogens with zero attached hydrogens (tertiary/aromatic N) is 2. The summed E-state index contributed by atoms with van der Waals surface area (Å²) in [4.78, 5) is 11.3. The molecule has 1 aliphatic rings. The van der Waals surface area contributed by atoms with E-state index in [2.05, 4.69) is 21.0 Å². The molecule has 1 aromatic rings. The first kappa shape index (κ1) is 9.82. The van der Waals surface area contributed by atoms with Crippen molar-refractivity contribution < 1.29 is 4.79 Å². The van der Waals surface area contributed by atoms with Crippen LogP contribution in [-0.4, -0.2) is 28.9 Å². The molecule has 0 unspecified atom stereocenters. The molecule has 0 aliphatic carbocycles. The lowest BCUT2D eigenvalue weighted by Gasteiger charge is -2.17. The first-order valence-corrected chi connectivity index (χ1v) is 5.16. The van der Waals surface area contributed by atoms with Crippen molar-refractivity contribution >= 4 is 17.5 Å². The van der Waals surface area contributed by atoms with Gasteiger partial charge in [0.15, 0.2) is 0 Å². The standard InChI is InChI=1S/C9H15N5O/c1-2-10-9(15)13-7-6-12-14-5-3-4-11-8(7)14/h6,11H,2-5H2,1H3,(H2,10,13,15). The average molecular weight is 209 g/mol. The van der Waals surface area contributed by atoms with Gasteiger partial charge in [0, 0.05) is 19.6 Å². The Morgan fingerprint density at radius 3 is 3.40 bits per heavy atom. The van der Waals surface area contributed by atoms with Crippen LogP contribution in [-0.2, 0) is 6.54 Å². The lowest BCUT2D eigenvalue weighted by molar-refractivity contribution is 0.252. The summed E-state index contributed by atoms with van der Waals surface area (Å²) in [6.07, 6.45) is 2.73. The Morgan fingerprint density at radius 2 is 2.60 bits per heavy atom. The Hall–Kier alpha value is -1.72. The molecular weight excluding hydrogens is 194 g/mol. The summed E-state index contributed by atoms with van der Waals surface area (Å²) in [5.41, 5.74) is 0.737. The maximum absolute atomic E-state index is 11.3. The minimum Gasteiger partial charge on any atom is -0.368 e. The lowest BCUT2D eigenvalue weighted by atomic mass is 10.3. The van der Waals surface area contributed by atoms with Crippen LogP contribution in [0.5, 0.6) is 0 Å². The molecule has 0 saturated heterocycles. The van der Waals surface area contributed by atoms with Crippen LogP contribution in [0, 0.1) is 0 Å². The molecule has 2 heterocycles. The molecule has 0 saturated carbocycles. The highest BCUT2D eigenvalue weighted by atomic mass is 16.2. The second kappa shape index (κ2) is 4.20. The van der Waals surface area contributed by atoms with Crippen molar-refractivity contribution in [3.05, 3.63) is 6.20 Å². The Labute approximate surface area is 88.0 Å². The van der Waals surface area contributed by atoms with Gasteiger partial charge in [0.05, 0.1) is 6.20 Å². The number of anilines is 2. The average Bonchev–Trinajstić information content (AvgIpc) is 2.62. The van der Waals surface area contributed by atoms with Gasteiger partial charge in [0.1, 0.15) is 11.5 Å². The quantitative estimate of drug-likeness (QED) is 0.676. The smallest absolute Gasteiger partial charge is 0.319 e. The van der Waals surface area contributed by atoms with Gasteiger partial charge in [-0.05, 0) is 13.3 Å². The Kier molecular flexibility index (Phi) is 2.75. The van der Waals surface area contributed by atoms with Crippen LogP contribution in [0.4, 0.5) is 16.3 Å². The Bertz CT molecular complexity index is 359. The molecule has 0 spiro atoms. The molecule has 0 bridgehead atoms. The van der Waals surface area contributed by atoms with E-state index in [9.17, 15) is 4.79 Å². The van der Waals surface area contributed by atoms with Gasteiger partial charge in [-0.15, -0.1) is 0 Å². The number of nitrogens with one attached hydrogen (secondary N) is 3. The SMILES string of the molecule is CCNC(=O)Nc1cnn2c1NCCC2. The molecule has 0 atom stereocenters. The molecular formula is C9H15N5O. The zero-order valence-electron chi connectivity index (χ0n) is 8.71. The normalized spacial score (nSPS) is 13.9. The van der Waals surface area contributed by atoms with Gasteiger partial charge in [-0.1, -0.05) is 0 Å². The number of urea groups is 1. The highest BCUT2D eigenvalue weighted by Crippen LogP contribution is 2.23. The summed E-state index contributed by atoms with van der Waals surface area (Å²) in [6.45, 7) is 4.32. The number of carbonyl (C=O) groups is 1. The number of aromatic nitrogens is 2. The first-order chi connectivity index (χ1) is 7.31. The highest BCUT2D eigenvalue weighted by Gasteiger charge is 2.15. The predicted octanol–water partition coefficient (Wildman–Crippen LogP) is 0.840. The van der Waals surface area contributed by atoms with Gasteiger partial charge in [-0.2, -0.15) is 5.10 Å². The van der Waals surface area contributed by atoms with Crippen LogP contribution in [0.3, 0.4) is 0 Å². The summed E-state index contributed by atoms with van der Waals surface area (Å²) in [5, 5.41) is 12.8. The van der Waals surface area contributed by atoms with Gasteiger partial charge in [-0.3, -0.25) is 0 Å². The molecule has 82 valence electrons. The van der Waals surface area contributed by atoms with Crippen molar-refractivity contribution in [2.75, 3.05) is 23.7 Å². The van der Waals surface area contributed by atoms with Gasteiger partial charge in [0.25, 0.3) is 0 Å². The number of hydrogen-bond donors (Lipinski definition) is 3. The molecule has 0 radical (unpaired) electrons. The van der Waals surface area contributed by atoms with E-state index in [4.69, 9.17) is 0 Å². The number of amides is 2. The fourth-order valence-electron chi connectivity index (χ4n) is 1.60. The molecule has 6 heteroatoms. The van der Waals surface area contributed by atoms with Crippen LogP contribution in [0.1, 0.15) is 13.3 Å². The van der Waals surface area contributed by atoms with Gasteiger partial charge in [-0.25, -0.2) is 9.48 Å². The van der Waals surface area contributed by atoms with Gasteiger partial charge >= 0.3 is 6.03 Å². The Balaban J connectivity index is 2.08. The van der Waals surface area contributed by atoms with Crippen molar-refractivity contribution in [2.45, 2.75) is 19.9 Å². The number of rotatable bonds is 2. The Morgan fingerprint density at radius 1 is 1.73 bits per heavy atom. The summed E-state index contributed by atoms with van der Waals surface area (Å²) in [6, 6.07) is -0.194.